The Labute approximate surface area is 124 Å². The van der Waals surface area contributed by atoms with Crippen molar-refractivity contribution in [2.75, 3.05) is 31.3 Å². The summed E-state index contributed by atoms with van der Waals surface area (Å²) in [5.74, 6) is 1.42. The van der Waals surface area contributed by atoms with Gasteiger partial charge in [-0.1, -0.05) is 6.92 Å². The van der Waals surface area contributed by atoms with Crippen molar-refractivity contribution < 1.29 is 9.59 Å². The molecule has 2 saturated heterocycles. The fraction of sp³-hybridized carbons (Fsp3) is 0.833. The van der Waals surface area contributed by atoms with Crippen LogP contribution in [0.3, 0.4) is 0 Å². The molecule has 0 radical (unpaired) electrons. The molecule has 0 saturated carbocycles. The molecule has 110 valence electrons. The van der Waals surface area contributed by atoms with E-state index in [1.165, 1.54) is 6.92 Å². The number of hydrogen-bond donors (Lipinski definition) is 1. The fourth-order valence-electron chi connectivity index (χ4n) is 2.55. The maximum absolute atomic E-state index is 12.4. The van der Waals surface area contributed by atoms with Crippen molar-refractivity contribution in [2.45, 2.75) is 26.3 Å². The Morgan fingerprint density at radius 3 is 2.68 bits per heavy atom. The smallest absolute Gasteiger partial charge is 0.246 e. The van der Waals surface area contributed by atoms with E-state index in [1.807, 2.05) is 4.90 Å². The third-order valence-corrected chi connectivity index (χ3v) is 4.95. The van der Waals surface area contributed by atoms with Gasteiger partial charge in [-0.25, -0.2) is 0 Å². The van der Waals surface area contributed by atoms with E-state index in [4.69, 9.17) is 5.73 Å². The van der Waals surface area contributed by atoms with Gasteiger partial charge in [0.05, 0.1) is 5.88 Å². The Morgan fingerprint density at radius 2 is 2.16 bits per heavy atom. The van der Waals surface area contributed by atoms with Gasteiger partial charge in [0.15, 0.2) is 0 Å². The topological polar surface area (TPSA) is 66.6 Å². The number of carbonyl (C=O) groups is 2. The Kier molecular flexibility index (Phi) is 5.53. The normalized spacial score (nSPS) is 30.4. The average Bonchev–Trinajstić information content (AvgIpc) is 2.95. The van der Waals surface area contributed by atoms with Crippen LogP contribution in [0.15, 0.2) is 0 Å². The zero-order valence-corrected chi connectivity index (χ0v) is 13.1. The summed E-state index contributed by atoms with van der Waals surface area (Å²) in [6.45, 7) is 5.73. The van der Waals surface area contributed by atoms with Gasteiger partial charge in [-0.15, -0.1) is 24.2 Å². The molecular formula is C12H22ClN3O2S. The Morgan fingerprint density at radius 1 is 1.47 bits per heavy atom. The number of halogens is 1. The third-order valence-electron chi connectivity index (χ3n) is 3.93. The molecule has 0 aliphatic carbocycles. The van der Waals surface area contributed by atoms with Crippen molar-refractivity contribution in [2.24, 2.45) is 11.1 Å². The summed E-state index contributed by atoms with van der Waals surface area (Å²) in [5, 5.41) is 0. The van der Waals surface area contributed by atoms with Crippen LogP contribution in [0.5, 0.6) is 0 Å². The standard InChI is InChI=1S/C12H21N3O2S.ClH/c1-9(16)15-8-18-5-10(15)11(17)14-4-3-12(2,6-13)7-14;/h10H,3-8,13H2,1-2H3;1H. The summed E-state index contributed by atoms with van der Waals surface area (Å²) >= 11 is 1.64. The van der Waals surface area contributed by atoms with E-state index in [-0.39, 0.29) is 35.7 Å². The molecular weight excluding hydrogens is 286 g/mol. The minimum absolute atomic E-state index is 0. The summed E-state index contributed by atoms with van der Waals surface area (Å²) in [6.07, 6.45) is 0.954. The first-order valence-electron chi connectivity index (χ1n) is 6.31. The zero-order chi connectivity index (χ0) is 13.3. The number of amides is 2. The zero-order valence-electron chi connectivity index (χ0n) is 11.4. The van der Waals surface area contributed by atoms with Gasteiger partial charge in [0.2, 0.25) is 11.8 Å². The first-order chi connectivity index (χ1) is 8.47. The quantitative estimate of drug-likeness (QED) is 0.808. The molecule has 2 aliphatic rings. The molecule has 0 aromatic rings. The largest absolute Gasteiger partial charge is 0.340 e. The molecule has 2 N–H and O–H groups in total. The van der Waals surface area contributed by atoms with E-state index in [1.54, 1.807) is 16.7 Å². The maximum atomic E-state index is 12.4. The second kappa shape index (κ2) is 6.33. The molecule has 2 amide bonds. The van der Waals surface area contributed by atoms with E-state index in [0.717, 1.165) is 19.5 Å². The molecule has 5 nitrogen and oxygen atoms in total. The van der Waals surface area contributed by atoms with Gasteiger partial charge >= 0.3 is 0 Å². The van der Waals surface area contributed by atoms with Crippen LogP contribution in [0.2, 0.25) is 0 Å². The summed E-state index contributed by atoms with van der Waals surface area (Å²) in [6, 6.07) is -0.271. The molecule has 7 heteroatoms. The predicted octanol–water partition coefficient (Wildman–Crippen LogP) is 0.527. The maximum Gasteiger partial charge on any atom is 0.246 e. The number of nitrogens with zero attached hydrogens (tertiary/aromatic N) is 2. The molecule has 2 atom stereocenters. The second-order valence-electron chi connectivity index (χ2n) is 5.53. The van der Waals surface area contributed by atoms with Crippen LogP contribution in [-0.4, -0.2) is 58.9 Å². The van der Waals surface area contributed by atoms with Gasteiger partial charge in [0.25, 0.3) is 0 Å². The van der Waals surface area contributed by atoms with Crippen LogP contribution in [0.25, 0.3) is 0 Å². The fourth-order valence-corrected chi connectivity index (χ4v) is 3.76. The molecule has 0 aromatic heterocycles. The van der Waals surface area contributed by atoms with Crippen LogP contribution < -0.4 is 5.73 Å². The minimum Gasteiger partial charge on any atom is -0.340 e. The van der Waals surface area contributed by atoms with Crippen molar-refractivity contribution in [1.29, 1.82) is 0 Å². The van der Waals surface area contributed by atoms with E-state index in [0.29, 0.717) is 18.2 Å². The number of hydrogen-bond acceptors (Lipinski definition) is 4. The molecule has 2 heterocycles. The van der Waals surface area contributed by atoms with Crippen molar-refractivity contribution in [3.8, 4) is 0 Å². The molecule has 2 unspecified atom stereocenters. The van der Waals surface area contributed by atoms with Crippen LogP contribution in [-0.2, 0) is 9.59 Å². The average molecular weight is 308 g/mol. The molecule has 2 aliphatic heterocycles. The Hall–Kier alpha value is -0.460. The summed E-state index contributed by atoms with van der Waals surface area (Å²) in [5.41, 5.74) is 5.80. The van der Waals surface area contributed by atoms with Crippen molar-refractivity contribution in [3.05, 3.63) is 0 Å². The number of thioether (sulfide) groups is 1. The second-order valence-corrected chi connectivity index (χ2v) is 6.53. The highest BCUT2D eigenvalue weighted by molar-refractivity contribution is 7.99. The first-order valence-corrected chi connectivity index (χ1v) is 7.46. The van der Waals surface area contributed by atoms with E-state index < -0.39 is 0 Å². The SMILES string of the molecule is CC(=O)N1CSCC1C(=O)N1CCC(C)(CN)C1.Cl. The van der Waals surface area contributed by atoms with Gasteiger partial charge in [0, 0.05) is 25.8 Å². The van der Waals surface area contributed by atoms with Crippen LogP contribution in [0.1, 0.15) is 20.3 Å². The summed E-state index contributed by atoms with van der Waals surface area (Å²) < 4.78 is 0. The van der Waals surface area contributed by atoms with Crippen LogP contribution in [0.4, 0.5) is 0 Å². The lowest BCUT2D eigenvalue weighted by Gasteiger charge is -2.28. The highest BCUT2D eigenvalue weighted by Gasteiger charge is 2.41. The van der Waals surface area contributed by atoms with Gasteiger partial charge in [0.1, 0.15) is 6.04 Å². The first kappa shape index (κ1) is 16.6. The molecule has 19 heavy (non-hydrogen) atoms. The van der Waals surface area contributed by atoms with Crippen LogP contribution in [0, 0.1) is 5.41 Å². The lowest BCUT2D eigenvalue weighted by atomic mass is 9.90. The molecule has 2 fully saturated rings. The minimum atomic E-state index is -0.271. The van der Waals surface area contributed by atoms with E-state index in [9.17, 15) is 9.59 Å². The summed E-state index contributed by atoms with van der Waals surface area (Å²) in [4.78, 5) is 27.5. The Bertz CT molecular complexity index is 369. The number of likely N-dealkylation sites (tertiary alicyclic amines) is 1. The van der Waals surface area contributed by atoms with Gasteiger partial charge in [-0.05, 0) is 18.4 Å². The molecule has 0 aromatic carbocycles. The number of rotatable bonds is 2. The molecule has 2 rings (SSSR count). The van der Waals surface area contributed by atoms with E-state index in [2.05, 4.69) is 6.92 Å². The lowest BCUT2D eigenvalue weighted by Crippen LogP contribution is -2.48. The molecule has 0 spiro atoms. The number of nitrogens with two attached hydrogens (primary N) is 1. The third kappa shape index (κ3) is 3.35. The summed E-state index contributed by atoms with van der Waals surface area (Å²) in [7, 11) is 0. The van der Waals surface area contributed by atoms with Gasteiger partial charge in [-0.3, -0.25) is 9.59 Å². The van der Waals surface area contributed by atoms with Crippen LogP contribution >= 0.6 is 24.2 Å². The van der Waals surface area contributed by atoms with Gasteiger partial charge < -0.3 is 15.5 Å². The van der Waals surface area contributed by atoms with E-state index >= 15 is 0 Å². The van der Waals surface area contributed by atoms with Gasteiger partial charge in [-0.2, -0.15) is 0 Å². The highest BCUT2D eigenvalue weighted by Crippen LogP contribution is 2.31. The van der Waals surface area contributed by atoms with Crippen molar-refractivity contribution in [1.82, 2.24) is 9.80 Å². The number of carbonyl (C=O) groups excluding carboxylic acids is 2. The molecule has 0 bridgehead atoms. The Balaban J connectivity index is 0.00000180. The monoisotopic (exact) mass is 307 g/mol. The van der Waals surface area contributed by atoms with Crippen molar-refractivity contribution in [3.63, 3.8) is 0 Å². The lowest BCUT2D eigenvalue weighted by molar-refractivity contribution is -0.141. The predicted molar refractivity (Wildman–Crippen MR) is 79.2 cm³/mol. The highest BCUT2D eigenvalue weighted by atomic mass is 35.5. The van der Waals surface area contributed by atoms with Crippen molar-refractivity contribution >= 4 is 36.0 Å².